The molecular weight excluding hydrogens is 376 g/mol. The van der Waals surface area contributed by atoms with Crippen molar-refractivity contribution in [2.24, 2.45) is 0 Å². The molecule has 0 aliphatic heterocycles. The summed E-state index contributed by atoms with van der Waals surface area (Å²) in [7, 11) is -3.81. The van der Waals surface area contributed by atoms with Crippen LogP contribution in [0.4, 0.5) is 0 Å². The van der Waals surface area contributed by atoms with Crippen molar-refractivity contribution in [3.05, 3.63) is 74.6 Å². The molecule has 2 aromatic heterocycles. The third-order valence-corrected chi connectivity index (χ3v) is 7.13. The fraction of sp³-hybridized carbons (Fsp3) is 0.118. The molecule has 1 aromatic carbocycles. The van der Waals surface area contributed by atoms with Crippen LogP contribution in [0.15, 0.2) is 64.2 Å². The molecule has 0 amide bonds. The first-order valence-electron chi connectivity index (χ1n) is 7.26. The lowest BCUT2D eigenvalue weighted by molar-refractivity contribution is 0.0937. The Balaban J connectivity index is 1.87. The summed E-state index contributed by atoms with van der Waals surface area (Å²) in [6.07, 6.45) is 0. The molecule has 2 N–H and O–H groups in total. The highest BCUT2D eigenvalue weighted by Gasteiger charge is 2.35. The third kappa shape index (κ3) is 3.66. The van der Waals surface area contributed by atoms with Crippen LogP contribution in [0.1, 0.15) is 15.3 Å². The number of aliphatic hydroxyl groups is 1. The molecule has 0 unspecified atom stereocenters. The molecule has 25 heavy (non-hydrogen) atoms. The van der Waals surface area contributed by atoms with Crippen molar-refractivity contribution in [2.45, 2.75) is 10.5 Å². The molecule has 0 aliphatic carbocycles. The first kappa shape index (κ1) is 17.8. The summed E-state index contributed by atoms with van der Waals surface area (Å²) >= 11 is 2.73. The Bertz CT molecular complexity index is 937. The minimum absolute atomic E-state index is 0.0474. The normalized spacial score (nSPS) is 12.0. The lowest BCUT2D eigenvalue weighted by atomic mass is 10.0. The number of rotatable bonds is 6. The first-order chi connectivity index (χ1) is 12.0. The van der Waals surface area contributed by atoms with Crippen LogP contribution in [0, 0.1) is 11.3 Å². The number of benzene rings is 1. The van der Waals surface area contributed by atoms with Gasteiger partial charge in [-0.25, -0.2) is 13.1 Å². The molecule has 0 saturated carbocycles. The monoisotopic (exact) mass is 390 g/mol. The van der Waals surface area contributed by atoms with Crippen LogP contribution >= 0.6 is 22.7 Å². The van der Waals surface area contributed by atoms with Crippen molar-refractivity contribution in [1.82, 2.24) is 4.72 Å². The largest absolute Gasteiger partial charge is 0.377 e. The predicted molar refractivity (Wildman–Crippen MR) is 98.0 cm³/mol. The second-order valence-electron chi connectivity index (χ2n) is 5.28. The van der Waals surface area contributed by atoms with E-state index in [2.05, 4.69) is 4.72 Å². The van der Waals surface area contributed by atoms with Crippen LogP contribution < -0.4 is 4.72 Å². The summed E-state index contributed by atoms with van der Waals surface area (Å²) in [5.41, 5.74) is -1.05. The Morgan fingerprint density at radius 1 is 1.04 bits per heavy atom. The molecule has 2 heterocycles. The summed E-state index contributed by atoms with van der Waals surface area (Å²) in [4.78, 5) is 1.38. The van der Waals surface area contributed by atoms with Gasteiger partial charge in [0.2, 0.25) is 10.0 Å². The van der Waals surface area contributed by atoms with Crippen LogP contribution in [-0.4, -0.2) is 20.1 Å². The summed E-state index contributed by atoms with van der Waals surface area (Å²) in [6, 6.07) is 14.8. The molecule has 0 spiro atoms. The van der Waals surface area contributed by atoms with Crippen LogP contribution in [0.5, 0.6) is 0 Å². The maximum atomic E-state index is 12.5. The highest BCUT2D eigenvalue weighted by atomic mass is 32.2. The van der Waals surface area contributed by atoms with E-state index >= 15 is 0 Å². The molecule has 0 fully saturated rings. The molecule has 0 radical (unpaired) electrons. The molecule has 0 saturated heterocycles. The Hall–Kier alpha value is -2.02. The number of nitrogens with zero attached hydrogens (tertiary/aromatic N) is 1. The Labute approximate surface area is 153 Å². The standard InChI is InChI=1S/C17H14N2O3S3/c18-11-13-5-7-14(8-6-13)25(21,22)19-12-17(20,15-3-1-9-23-15)16-4-2-10-24-16/h1-10,19-20H,12H2. The van der Waals surface area contributed by atoms with Gasteiger partial charge in [-0.2, -0.15) is 5.26 Å². The van der Waals surface area contributed by atoms with Crippen LogP contribution in [0.2, 0.25) is 0 Å². The van der Waals surface area contributed by atoms with Gasteiger partial charge in [-0.15, -0.1) is 22.7 Å². The van der Waals surface area contributed by atoms with E-state index in [1.165, 1.54) is 46.9 Å². The average Bonchev–Trinajstić information content (AvgIpc) is 3.33. The number of nitrogens with one attached hydrogen (secondary N) is 1. The Morgan fingerprint density at radius 2 is 1.60 bits per heavy atom. The molecule has 3 rings (SSSR count). The van der Waals surface area contributed by atoms with Gasteiger partial charge < -0.3 is 5.11 Å². The van der Waals surface area contributed by atoms with Crippen LogP contribution in [-0.2, 0) is 15.6 Å². The van der Waals surface area contributed by atoms with E-state index < -0.39 is 15.6 Å². The van der Waals surface area contributed by atoms with Crippen molar-refractivity contribution in [3.63, 3.8) is 0 Å². The predicted octanol–water partition coefficient (Wildman–Crippen LogP) is 2.90. The lowest BCUT2D eigenvalue weighted by Gasteiger charge is -2.26. The zero-order valence-corrected chi connectivity index (χ0v) is 15.4. The van der Waals surface area contributed by atoms with Crippen molar-refractivity contribution in [3.8, 4) is 6.07 Å². The number of sulfonamides is 1. The highest BCUT2D eigenvalue weighted by Crippen LogP contribution is 2.35. The van der Waals surface area contributed by atoms with Crippen molar-refractivity contribution in [1.29, 1.82) is 5.26 Å². The average molecular weight is 391 g/mol. The summed E-state index contributed by atoms with van der Waals surface area (Å²) in [5, 5.41) is 23.7. The topological polar surface area (TPSA) is 90.2 Å². The van der Waals surface area contributed by atoms with Gasteiger partial charge >= 0.3 is 0 Å². The van der Waals surface area contributed by atoms with E-state index in [1.54, 1.807) is 12.1 Å². The fourth-order valence-corrected chi connectivity index (χ4v) is 5.12. The zero-order chi connectivity index (χ0) is 17.9. The zero-order valence-electron chi connectivity index (χ0n) is 12.9. The van der Waals surface area contributed by atoms with E-state index in [0.29, 0.717) is 15.3 Å². The summed E-state index contributed by atoms with van der Waals surface area (Å²) in [5.74, 6) is 0. The summed E-state index contributed by atoms with van der Waals surface area (Å²) < 4.78 is 27.5. The number of hydrogen-bond donors (Lipinski definition) is 2. The van der Waals surface area contributed by atoms with Gasteiger partial charge in [0.05, 0.1) is 16.5 Å². The van der Waals surface area contributed by atoms with Crippen molar-refractivity contribution < 1.29 is 13.5 Å². The molecule has 5 nitrogen and oxygen atoms in total. The van der Waals surface area contributed by atoms with Gasteiger partial charge in [-0.1, -0.05) is 12.1 Å². The van der Waals surface area contributed by atoms with Crippen LogP contribution in [0.3, 0.4) is 0 Å². The van der Waals surface area contributed by atoms with Crippen molar-refractivity contribution >= 4 is 32.7 Å². The maximum Gasteiger partial charge on any atom is 0.240 e. The van der Waals surface area contributed by atoms with E-state index in [-0.39, 0.29) is 11.4 Å². The van der Waals surface area contributed by atoms with E-state index in [9.17, 15) is 13.5 Å². The smallest absolute Gasteiger partial charge is 0.240 e. The number of hydrogen-bond acceptors (Lipinski definition) is 6. The molecular formula is C17H14N2O3S3. The highest BCUT2D eigenvalue weighted by molar-refractivity contribution is 7.89. The van der Waals surface area contributed by atoms with E-state index in [1.807, 2.05) is 29.0 Å². The van der Waals surface area contributed by atoms with Gasteiger partial charge in [-0.3, -0.25) is 0 Å². The van der Waals surface area contributed by atoms with Crippen LogP contribution in [0.25, 0.3) is 0 Å². The molecule has 0 aliphatic rings. The van der Waals surface area contributed by atoms with Gasteiger partial charge in [0.25, 0.3) is 0 Å². The van der Waals surface area contributed by atoms with Gasteiger partial charge in [0, 0.05) is 16.3 Å². The number of nitriles is 1. The maximum absolute atomic E-state index is 12.5. The quantitative estimate of drug-likeness (QED) is 0.677. The number of thiophene rings is 2. The molecule has 8 heteroatoms. The van der Waals surface area contributed by atoms with Gasteiger partial charge in [0.1, 0.15) is 5.60 Å². The molecule has 0 atom stereocenters. The van der Waals surface area contributed by atoms with E-state index in [4.69, 9.17) is 5.26 Å². The van der Waals surface area contributed by atoms with Crippen molar-refractivity contribution in [2.75, 3.05) is 6.54 Å². The van der Waals surface area contributed by atoms with E-state index in [0.717, 1.165) is 0 Å². The second-order valence-corrected chi connectivity index (χ2v) is 8.94. The molecule has 128 valence electrons. The first-order valence-corrected chi connectivity index (χ1v) is 10.5. The van der Waals surface area contributed by atoms with Gasteiger partial charge in [-0.05, 0) is 47.2 Å². The fourth-order valence-electron chi connectivity index (χ4n) is 2.31. The summed E-state index contributed by atoms with van der Waals surface area (Å²) in [6.45, 7) is -0.184. The second kappa shape index (κ2) is 7.07. The van der Waals surface area contributed by atoms with Gasteiger partial charge in [0.15, 0.2) is 0 Å². The minimum Gasteiger partial charge on any atom is -0.377 e. The molecule has 0 bridgehead atoms. The lowest BCUT2D eigenvalue weighted by Crippen LogP contribution is -2.40. The Morgan fingerprint density at radius 3 is 2.04 bits per heavy atom. The minimum atomic E-state index is -3.81. The molecule has 3 aromatic rings. The SMILES string of the molecule is N#Cc1ccc(S(=O)(=O)NCC(O)(c2cccs2)c2cccs2)cc1. The third-order valence-electron chi connectivity index (χ3n) is 3.67. The Kier molecular flexibility index (Phi) is 5.03.